The summed E-state index contributed by atoms with van der Waals surface area (Å²) in [5, 5.41) is 3.97. The highest BCUT2D eigenvalue weighted by Crippen LogP contribution is 2.67. The standard InChI is InChI=1S/C33H52P2/c1-21-17-28(18-22(2)25(21)5)34(29-19-23(3)26(6)24(4)20-29)31-16-14-15-30(31)27(7)35(32(8,9)10)33(11,12)13/h17-20,27,30-31H,14-16H2,1-13H3. The molecular formula is C33H52P2. The minimum Gasteiger partial charge on any atom is -0.0924 e. The van der Waals surface area contributed by atoms with E-state index in [-0.39, 0.29) is 7.92 Å². The van der Waals surface area contributed by atoms with Gasteiger partial charge in [-0.05, 0) is 134 Å². The lowest BCUT2D eigenvalue weighted by Gasteiger charge is -2.49. The second-order valence-electron chi connectivity index (χ2n) is 13.4. The Labute approximate surface area is 220 Å². The molecule has 2 aromatic rings. The van der Waals surface area contributed by atoms with E-state index in [1.165, 1.54) is 52.6 Å². The van der Waals surface area contributed by atoms with Gasteiger partial charge < -0.3 is 0 Å². The Bertz CT molecular complexity index is 932. The van der Waals surface area contributed by atoms with Crippen molar-refractivity contribution in [1.29, 1.82) is 0 Å². The van der Waals surface area contributed by atoms with Crippen LogP contribution in [0.3, 0.4) is 0 Å². The fraction of sp³-hybridized carbons (Fsp3) is 0.636. The topological polar surface area (TPSA) is 0 Å². The van der Waals surface area contributed by atoms with E-state index in [4.69, 9.17) is 0 Å². The van der Waals surface area contributed by atoms with Crippen LogP contribution >= 0.6 is 15.8 Å². The molecule has 0 heterocycles. The first-order valence-corrected chi connectivity index (χ1v) is 16.6. The molecule has 35 heavy (non-hydrogen) atoms. The quantitative estimate of drug-likeness (QED) is 0.351. The van der Waals surface area contributed by atoms with Gasteiger partial charge in [-0.25, -0.2) is 0 Å². The highest BCUT2D eigenvalue weighted by Gasteiger charge is 2.46. The number of benzene rings is 2. The second kappa shape index (κ2) is 10.6. The maximum absolute atomic E-state index is 2.63. The number of rotatable bonds is 5. The molecule has 0 bridgehead atoms. The third-order valence-corrected chi connectivity index (χ3v) is 15.7. The Morgan fingerprint density at radius 2 is 1.03 bits per heavy atom. The Morgan fingerprint density at radius 1 is 0.657 bits per heavy atom. The van der Waals surface area contributed by atoms with Crippen LogP contribution < -0.4 is 10.6 Å². The maximum Gasteiger partial charge on any atom is -0.00945 e. The Kier molecular flexibility index (Phi) is 8.73. The molecule has 0 spiro atoms. The summed E-state index contributed by atoms with van der Waals surface area (Å²) >= 11 is 0. The predicted octanol–water partition coefficient (Wildman–Crippen LogP) is 9.61. The van der Waals surface area contributed by atoms with Crippen molar-refractivity contribution < 1.29 is 0 Å². The molecule has 0 nitrogen and oxygen atoms in total. The van der Waals surface area contributed by atoms with Crippen LogP contribution in [0.4, 0.5) is 0 Å². The summed E-state index contributed by atoms with van der Waals surface area (Å²) in [6, 6.07) is 10.2. The SMILES string of the molecule is Cc1cc(P(c2cc(C)c(C)c(C)c2)C2CCCC2C(C)P(C(C)(C)C)C(C)(C)C)cc(C)c1C. The van der Waals surface area contributed by atoms with Crippen molar-refractivity contribution in [2.24, 2.45) is 5.92 Å². The average molecular weight is 511 g/mol. The Morgan fingerprint density at radius 3 is 1.37 bits per heavy atom. The molecule has 0 aromatic heterocycles. The van der Waals surface area contributed by atoms with Gasteiger partial charge in [-0.2, -0.15) is 0 Å². The zero-order valence-electron chi connectivity index (χ0n) is 25.1. The third-order valence-electron chi connectivity index (χ3n) is 8.72. The van der Waals surface area contributed by atoms with Gasteiger partial charge in [0.15, 0.2) is 0 Å². The van der Waals surface area contributed by atoms with Crippen molar-refractivity contribution >= 4 is 26.5 Å². The zero-order valence-corrected chi connectivity index (χ0v) is 26.8. The molecule has 1 saturated carbocycles. The number of hydrogen-bond donors (Lipinski definition) is 0. The summed E-state index contributed by atoms with van der Waals surface area (Å²) in [6.45, 7) is 31.5. The minimum atomic E-state index is -0.399. The molecule has 0 aliphatic heterocycles. The fourth-order valence-corrected chi connectivity index (χ4v) is 16.1. The van der Waals surface area contributed by atoms with E-state index in [1.54, 1.807) is 10.6 Å². The van der Waals surface area contributed by atoms with Gasteiger partial charge in [0, 0.05) is 0 Å². The highest BCUT2D eigenvalue weighted by atomic mass is 31.1. The lowest BCUT2D eigenvalue weighted by atomic mass is 10.0. The first-order valence-electron chi connectivity index (χ1n) is 13.8. The van der Waals surface area contributed by atoms with Crippen molar-refractivity contribution in [2.45, 2.75) is 131 Å². The molecule has 1 aliphatic rings. The van der Waals surface area contributed by atoms with Gasteiger partial charge in [0.25, 0.3) is 0 Å². The third kappa shape index (κ3) is 6.07. The first-order chi connectivity index (χ1) is 16.0. The highest BCUT2D eigenvalue weighted by molar-refractivity contribution is 7.73. The van der Waals surface area contributed by atoms with Crippen molar-refractivity contribution in [3.05, 3.63) is 57.6 Å². The molecular weight excluding hydrogens is 458 g/mol. The molecule has 2 aromatic carbocycles. The summed E-state index contributed by atoms with van der Waals surface area (Å²) in [4.78, 5) is 0. The van der Waals surface area contributed by atoms with Gasteiger partial charge in [-0.1, -0.05) is 87.1 Å². The van der Waals surface area contributed by atoms with Gasteiger partial charge in [0.1, 0.15) is 0 Å². The fourth-order valence-electron chi connectivity index (χ4n) is 7.11. The zero-order chi connectivity index (χ0) is 26.5. The van der Waals surface area contributed by atoms with Crippen LogP contribution in [0.25, 0.3) is 0 Å². The van der Waals surface area contributed by atoms with Gasteiger partial charge in [-0.15, -0.1) is 0 Å². The van der Waals surface area contributed by atoms with E-state index >= 15 is 0 Å². The maximum atomic E-state index is 2.63. The summed E-state index contributed by atoms with van der Waals surface area (Å²) in [5.41, 5.74) is 10.3. The van der Waals surface area contributed by atoms with Crippen molar-refractivity contribution in [3.63, 3.8) is 0 Å². The van der Waals surface area contributed by atoms with E-state index in [0.29, 0.717) is 10.3 Å². The Hall–Kier alpha value is -0.700. The van der Waals surface area contributed by atoms with E-state index < -0.39 is 7.92 Å². The first kappa shape index (κ1) is 28.9. The van der Waals surface area contributed by atoms with E-state index in [2.05, 4.69) is 114 Å². The van der Waals surface area contributed by atoms with Gasteiger partial charge in [-0.3, -0.25) is 0 Å². The number of hydrogen-bond acceptors (Lipinski definition) is 0. The number of aryl methyl sites for hydroxylation is 4. The van der Waals surface area contributed by atoms with E-state index in [0.717, 1.165) is 17.2 Å². The van der Waals surface area contributed by atoms with Crippen LogP contribution in [0, 0.1) is 47.5 Å². The summed E-state index contributed by atoms with van der Waals surface area (Å²) < 4.78 is 0. The molecule has 194 valence electrons. The predicted molar refractivity (Wildman–Crippen MR) is 165 cm³/mol. The lowest BCUT2D eigenvalue weighted by molar-refractivity contribution is 0.527. The van der Waals surface area contributed by atoms with Crippen molar-refractivity contribution in [1.82, 2.24) is 0 Å². The molecule has 0 amide bonds. The van der Waals surface area contributed by atoms with Crippen molar-refractivity contribution in [2.75, 3.05) is 0 Å². The van der Waals surface area contributed by atoms with Crippen LogP contribution in [0.5, 0.6) is 0 Å². The molecule has 3 unspecified atom stereocenters. The van der Waals surface area contributed by atoms with Crippen LogP contribution in [0.15, 0.2) is 24.3 Å². The minimum absolute atomic E-state index is 0.129. The van der Waals surface area contributed by atoms with Crippen molar-refractivity contribution in [3.8, 4) is 0 Å². The van der Waals surface area contributed by atoms with Crippen LogP contribution in [-0.4, -0.2) is 21.6 Å². The molecule has 0 N–H and O–H groups in total. The van der Waals surface area contributed by atoms with Gasteiger partial charge >= 0.3 is 0 Å². The average Bonchev–Trinajstić information content (AvgIpc) is 3.17. The smallest absolute Gasteiger partial charge is 0.00945 e. The molecule has 0 radical (unpaired) electrons. The van der Waals surface area contributed by atoms with E-state index in [1.807, 2.05) is 0 Å². The monoisotopic (exact) mass is 510 g/mol. The summed E-state index contributed by atoms with van der Waals surface area (Å²) in [7, 11) is -0.528. The summed E-state index contributed by atoms with van der Waals surface area (Å²) in [6.07, 6.45) is 4.18. The largest absolute Gasteiger partial charge is 0.0924 e. The van der Waals surface area contributed by atoms with Gasteiger partial charge in [0.2, 0.25) is 0 Å². The second-order valence-corrected chi connectivity index (χ2v) is 20.1. The van der Waals surface area contributed by atoms with Crippen LogP contribution in [0.2, 0.25) is 0 Å². The lowest BCUT2D eigenvalue weighted by Crippen LogP contribution is -2.37. The normalized spacial score (nSPS) is 20.2. The molecule has 2 heteroatoms. The molecule has 3 atom stereocenters. The van der Waals surface area contributed by atoms with Crippen LogP contribution in [0.1, 0.15) is 101 Å². The molecule has 3 rings (SSSR count). The molecule has 1 aliphatic carbocycles. The van der Waals surface area contributed by atoms with Crippen LogP contribution in [-0.2, 0) is 0 Å². The molecule has 1 fully saturated rings. The summed E-state index contributed by atoms with van der Waals surface area (Å²) in [5.74, 6) is 0.814. The molecule has 0 saturated heterocycles. The van der Waals surface area contributed by atoms with Gasteiger partial charge in [0.05, 0.1) is 0 Å². The Balaban J connectivity index is 2.18. The van der Waals surface area contributed by atoms with E-state index in [9.17, 15) is 0 Å².